The molecule has 2 N–H and O–H groups in total. The molecule has 1 fully saturated rings. The van der Waals surface area contributed by atoms with Gasteiger partial charge in [0.05, 0.1) is 12.7 Å². The Morgan fingerprint density at radius 3 is 1.91 bits per heavy atom. The van der Waals surface area contributed by atoms with Crippen LogP contribution in [-0.2, 0) is 18.1 Å². The molecule has 4 rings (SSSR count). The number of rotatable bonds is 11. The molecule has 0 bridgehead atoms. The first kappa shape index (κ1) is 34.4. The van der Waals surface area contributed by atoms with E-state index in [9.17, 15) is 4.79 Å². The Labute approximate surface area is 265 Å². The van der Waals surface area contributed by atoms with Gasteiger partial charge in [-0.15, -0.1) is 0 Å². The molecule has 0 radical (unpaired) electrons. The highest BCUT2D eigenvalue weighted by Crippen LogP contribution is 2.40. The zero-order valence-corrected chi connectivity index (χ0v) is 30.9. The van der Waals surface area contributed by atoms with Crippen LogP contribution in [0.25, 0.3) is 0 Å². The number of hydrogen-bond acceptors (Lipinski definition) is 8. The van der Waals surface area contributed by atoms with E-state index in [0.717, 1.165) is 0 Å². The second-order valence-corrected chi connectivity index (χ2v) is 27.7. The predicted molar refractivity (Wildman–Crippen MR) is 185 cm³/mol. The van der Waals surface area contributed by atoms with Crippen LogP contribution in [0.15, 0.2) is 77.7 Å². The van der Waals surface area contributed by atoms with Crippen LogP contribution in [0.3, 0.4) is 0 Å². The van der Waals surface area contributed by atoms with E-state index in [1.165, 1.54) is 14.9 Å². The molecule has 3 aromatic rings. The molecule has 0 spiro atoms. The molecule has 1 aromatic heterocycles. The van der Waals surface area contributed by atoms with Crippen molar-refractivity contribution < 1.29 is 18.1 Å². The second kappa shape index (κ2) is 13.1. The average molecular weight is 655 g/mol. The van der Waals surface area contributed by atoms with Crippen molar-refractivity contribution in [1.29, 1.82) is 0 Å². The molecule has 240 valence electrons. The number of nitrogens with zero attached hydrogens (tertiary/aromatic N) is 3. The zero-order valence-electron chi connectivity index (χ0n) is 27.9. The summed E-state index contributed by atoms with van der Waals surface area (Å²) in [5.41, 5.74) is 5.37. The average Bonchev–Trinajstić information content (AvgIpc) is 3.25. The van der Waals surface area contributed by atoms with E-state index in [1.54, 1.807) is 12.3 Å². The number of nitrogen functional groups attached to an aromatic ring is 1. The summed E-state index contributed by atoms with van der Waals surface area (Å²) in [4.78, 5) is 17.2. The van der Waals surface area contributed by atoms with Crippen LogP contribution < -0.4 is 21.8 Å². The topological polar surface area (TPSA) is 101 Å². The van der Waals surface area contributed by atoms with Gasteiger partial charge in [0.15, 0.2) is 14.5 Å². The fourth-order valence-corrected chi connectivity index (χ4v) is 12.8. The van der Waals surface area contributed by atoms with Crippen molar-refractivity contribution in [3.8, 4) is 0 Å². The summed E-state index contributed by atoms with van der Waals surface area (Å²) in [6.45, 7) is 19.9. The summed E-state index contributed by atoms with van der Waals surface area (Å²) < 4.78 is 29.1. The lowest BCUT2D eigenvalue weighted by atomic mass is 10.1. The Morgan fingerprint density at radius 2 is 1.45 bits per heavy atom. The quantitative estimate of drug-likeness (QED) is 0.237. The van der Waals surface area contributed by atoms with Crippen LogP contribution in [0, 0.1) is 0 Å². The lowest BCUT2D eigenvalue weighted by Gasteiger charge is -2.44. The van der Waals surface area contributed by atoms with Gasteiger partial charge in [-0.3, -0.25) is 4.57 Å². The van der Waals surface area contributed by atoms with Gasteiger partial charge in [0.2, 0.25) is 8.32 Å². The van der Waals surface area contributed by atoms with Crippen molar-refractivity contribution in [3.05, 3.63) is 83.4 Å². The first-order chi connectivity index (χ1) is 20.4. The Hall–Kier alpha value is -2.43. The van der Waals surface area contributed by atoms with Gasteiger partial charge in [0.1, 0.15) is 18.0 Å². The summed E-state index contributed by atoms with van der Waals surface area (Å²) in [7, 11) is -5.12. The number of hydroxylamine groups is 2. The van der Waals surface area contributed by atoms with Gasteiger partial charge in [0.25, 0.3) is 8.32 Å². The molecular weight excluding hydrogens is 605 g/mol. The van der Waals surface area contributed by atoms with Crippen molar-refractivity contribution in [3.63, 3.8) is 0 Å². The first-order valence-corrected chi connectivity index (χ1v) is 24.0. The number of aromatic nitrogens is 2. The summed E-state index contributed by atoms with van der Waals surface area (Å²) in [5.74, 6) is 0.161. The molecular formula is C32H50N4O5Si3. The Kier molecular flexibility index (Phi) is 10.3. The van der Waals surface area contributed by atoms with E-state index >= 15 is 0 Å². The molecule has 0 aliphatic carbocycles. The number of nitrogens with two attached hydrogens (primary N) is 1. The van der Waals surface area contributed by atoms with E-state index in [1.807, 2.05) is 24.2 Å². The fraction of sp³-hybridized carbons (Fsp3) is 0.500. The number of ether oxygens (including phenoxy) is 1. The molecule has 4 atom stereocenters. The fourth-order valence-electron chi connectivity index (χ4n) is 6.10. The lowest BCUT2D eigenvalue weighted by molar-refractivity contribution is -0.130. The second-order valence-electron chi connectivity index (χ2n) is 14.5. The normalized spacial score (nSPS) is 21.6. The highest BCUT2D eigenvalue weighted by Gasteiger charge is 2.54. The number of anilines is 1. The Morgan fingerprint density at radius 1 is 0.909 bits per heavy atom. The van der Waals surface area contributed by atoms with Crippen molar-refractivity contribution in [2.24, 2.45) is 0 Å². The van der Waals surface area contributed by atoms with E-state index in [0.29, 0.717) is 0 Å². The summed E-state index contributed by atoms with van der Waals surface area (Å²) >= 11 is 0. The van der Waals surface area contributed by atoms with Gasteiger partial charge in [-0.2, -0.15) is 10.0 Å². The molecule has 44 heavy (non-hydrogen) atoms. The number of hydrogen-bond donors (Lipinski definition) is 1. The molecule has 0 unspecified atom stereocenters. The minimum absolute atomic E-state index is 0.161. The molecule has 0 amide bonds. The van der Waals surface area contributed by atoms with Crippen molar-refractivity contribution >= 4 is 41.1 Å². The summed E-state index contributed by atoms with van der Waals surface area (Å²) in [5, 5.41) is 4.00. The third-order valence-corrected chi connectivity index (χ3v) is 14.5. The summed E-state index contributed by atoms with van der Waals surface area (Å²) in [6, 6.07) is 22.3. The van der Waals surface area contributed by atoms with E-state index < -0.39 is 55.1 Å². The molecule has 1 aliphatic rings. The highest BCUT2D eigenvalue weighted by atomic mass is 28.4. The first-order valence-electron chi connectivity index (χ1n) is 15.3. The Bertz CT molecular complexity index is 1400. The van der Waals surface area contributed by atoms with Crippen LogP contribution >= 0.6 is 0 Å². The van der Waals surface area contributed by atoms with Gasteiger partial charge in [0, 0.05) is 13.2 Å². The molecule has 0 saturated carbocycles. The minimum atomic E-state index is -2.87. The molecule has 9 nitrogen and oxygen atoms in total. The zero-order chi connectivity index (χ0) is 32.5. The van der Waals surface area contributed by atoms with Crippen LogP contribution in [-0.4, -0.2) is 71.5 Å². The van der Waals surface area contributed by atoms with Crippen LogP contribution in [0.2, 0.25) is 44.3 Å². The molecule has 12 heteroatoms. The maximum atomic E-state index is 13.2. The summed E-state index contributed by atoms with van der Waals surface area (Å²) in [6.07, 6.45) is -0.0148. The largest absolute Gasteiger partial charge is 0.410 e. The molecule has 1 saturated heterocycles. The minimum Gasteiger partial charge on any atom is -0.410 e. The molecule has 2 heterocycles. The maximum Gasteiger partial charge on any atom is 0.351 e. The monoisotopic (exact) mass is 654 g/mol. The Balaban J connectivity index is 1.83. The van der Waals surface area contributed by atoms with Gasteiger partial charge in [-0.05, 0) is 60.8 Å². The number of benzene rings is 2. The highest BCUT2D eigenvalue weighted by molar-refractivity contribution is 6.99. The lowest BCUT2D eigenvalue weighted by Crippen LogP contribution is -2.67. The van der Waals surface area contributed by atoms with E-state index in [-0.39, 0.29) is 17.5 Å². The van der Waals surface area contributed by atoms with Gasteiger partial charge in [-0.1, -0.05) is 81.4 Å². The van der Waals surface area contributed by atoms with E-state index in [4.69, 9.17) is 23.8 Å². The van der Waals surface area contributed by atoms with Crippen LogP contribution in [0.1, 0.15) is 27.0 Å². The van der Waals surface area contributed by atoms with Gasteiger partial charge < -0.3 is 23.8 Å². The van der Waals surface area contributed by atoms with Crippen molar-refractivity contribution in [1.82, 2.24) is 14.6 Å². The van der Waals surface area contributed by atoms with Gasteiger partial charge in [-0.25, -0.2) is 4.79 Å². The smallest absolute Gasteiger partial charge is 0.351 e. The third kappa shape index (κ3) is 7.68. The molecule has 2 aromatic carbocycles. The van der Waals surface area contributed by atoms with Gasteiger partial charge >= 0.3 is 5.69 Å². The van der Waals surface area contributed by atoms with Crippen molar-refractivity contribution in [2.45, 2.75) is 89.6 Å². The van der Waals surface area contributed by atoms with Crippen molar-refractivity contribution in [2.75, 3.05) is 19.4 Å². The SMILES string of the molecule is CN(O[Si](C)(C)C)[C@@H]1[C@H](O[Si](C)(C)C)[C@@H](CO[Si](c2ccccc2)(c2ccccc2)C(C)(C)C)O[C@H]1n1ccc(N)nc1=O. The maximum absolute atomic E-state index is 13.2. The molecule has 1 aliphatic heterocycles. The standard InChI is InChI=1S/C32H50N4O5Si3/c1-32(2,3)44(24-17-13-11-14-18-24,25-19-15-12-16-20-25)38-23-26-29(40-42(5,6)7)28(35(4)41-43(8,9)10)30(39-26)36-22-21-27(33)34-31(36)37/h11-22,26,28-30H,23H2,1-10H3,(H2,33,34,37)/t26-,28-,29-,30-/m1/s1. The van der Waals surface area contributed by atoms with Crippen LogP contribution in [0.5, 0.6) is 0 Å². The third-order valence-electron chi connectivity index (χ3n) is 7.64. The van der Waals surface area contributed by atoms with Crippen LogP contribution in [0.4, 0.5) is 5.82 Å². The number of likely N-dealkylation sites (N-methyl/N-ethyl adjacent to an activating group) is 1. The predicted octanol–water partition coefficient (Wildman–Crippen LogP) is 4.59. The van der Waals surface area contributed by atoms with E-state index in [2.05, 4.69) is 114 Å².